The van der Waals surface area contributed by atoms with Gasteiger partial charge in [0.05, 0.1) is 21.1 Å². The first kappa shape index (κ1) is 16.5. The van der Waals surface area contributed by atoms with Gasteiger partial charge in [-0.05, 0) is 23.9 Å². The molecular formula is C18H15NO3S2. The average Bonchev–Trinajstić information content (AvgIpc) is 3.30. The van der Waals surface area contributed by atoms with Crippen molar-refractivity contribution in [1.82, 2.24) is 4.98 Å². The average molecular weight is 357 g/mol. The molecule has 122 valence electrons. The maximum atomic E-state index is 12.5. The van der Waals surface area contributed by atoms with E-state index in [1.165, 1.54) is 11.3 Å². The maximum Gasteiger partial charge on any atom is 0.339 e. The summed E-state index contributed by atoms with van der Waals surface area (Å²) < 4.78 is 5.34. The Morgan fingerprint density at radius 2 is 1.88 bits per heavy atom. The van der Waals surface area contributed by atoms with Gasteiger partial charge in [-0.1, -0.05) is 31.2 Å². The molecule has 0 saturated heterocycles. The van der Waals surface area contributed by atoms with Gasteiger partial charge in [0.15, 0.2) is 0 Å². The SMILES string of the molecule is CCc1nc(COC(=O)c2ccccc2C(=O)c2cccs2)cs1. The van der Waals surface area contributed by atoms with Crippen molar-refractivity contribution in [3.05, 3.63) is 73.9 Å². The van der Waals surface area contributed by atoms with E-state index in [1.807, 2.05) is 23.8 Å². The summed E-state index contributed by atoms with van der Waals surface area (Å²) in [5, 5.41) is 4.73. The zero-order valence-electron chi connectivity index (χ0n) is 13.0. The molecule has 0 atom stereocenters. The van der Waals surface area contributed by atoms with Gasteiger partial charge >= 0.3 is 5.97 Å². The van der Waals surface area contributed by atoms with Crippen LogP contribution in [0, 0.1) is 0 Å². The molecule has 0 saturated carbocycles. The van der Waals surface area contributed by atoms with Gasteiger partial charge in [0.1, 0.15) is 6.61 Å². The minimum Gasteiger partial charge on any atom is -0.456 e. The molecule has 0 aliphatic carbocycles. The predicted molar refractivity (Wildman–Crippen MR) is 94.8 cm³/mol. The number of nitrogens with zero attached hydrogens (tertiary/aromatic N) is 1. The van der Waals surface area contributed by atoms with Crippen LogP contribution in [0.2, 0.25) is 0 Å². The molecule has 0 aliphatic rings. The van der Waals surface area contributed by atoms with E-state index in [-0.39, 0.29) is 18.0 Å². The molecule has 2 aromatic heterocycles. The van der Waals surface area contributed by atoms with Crippen molar-refractivity contribution in [1.29, 1.82) is 0 Å². The third-order valence-corrected chi connectivity index (χ3v) is 5.30. The summed E-state index contributed by atoms with van der Waals surface area (Å²) in [5.41, 5.74) is 1.37. The smallest absolute Gasteiger partial charge is 0.339 e. The summed E-state index contributed by atoms with van der Waals surface area (Å²) in [7, 11) is 0. The molecule has 0 N–H and O–H groups in total. The monoisotopic (exact) mass is 357 g/mol. The van der Waals surface area contributed by atoms with Crippen LogP contribution in [0.4, 0.5) is 0 Å². The number of benzene rings is 1. The lowest BCUT2D eigenvalue weighted by atomic mass is 10.0. The number of thiophene rings is 1. The van der Waals surface area contributed by atoms with Crippen LogP contribution in [0.5, 0.6) is 0 Å². The minimum atomic E-state index is -0.512. The highest BCUT2D eigenvalue weighted by atomic mass is 32.1. The summed E-state index contributed by atoms with van der Waals surface area (Å²) in [5.74, 6) is -0.680. The van der Waals surface area contributed by atoms with E-state index in [0.717, 1.165) is 17.1 Å². The number of ether oxygens (including phenoxy) is 1. The molecule has 4 nitrogen and oxygen atoms in total. The fraction of sp³-hybridized carbons (Fsp3) is 0.167. The Morgan fingerprint density at radius 1 is 1.08 bits per heavy atom. The molecule has 24 heavy (non-hydrogen) atoms. The normalized spacial score (nSPS) is 10.5. The van der Waals surface area contributed by atoms with Gasteiger partial charge < -0.3 is 4.74 Å². The number of carbonyl (C=O) groups is 2. The summed E-state index contributed by atoms with van der Waals surface area (Å²) in [6, 6.07) is 10.3. The Labute approximate surface area is 147 Å². The number of carbonyl (C=O) groups excluding carboxylic acids is 2. The summed E-state index contributed by atoms with van der Waals surface area (Å²) in [4.78, 5) is 29.9. The highest BCUT2D eigenvalue weighted by Crippen LogP contribution is 2.19. The largest absolute Gasteiger partial charge is 0.456 e. The van der Waals surface area contributed by atoms with Crippen LogP contribution in [0.25, 0.3) is 0 Å². The van der Waals surface area contributed by atoms with Crippen molar-refractivity contribution < 1.29 is 14.3 Å². The van der Waals surface area contributed by atoms with E-state index in [0.29, 0.717) is 10.4 Å². The second kappa shape index (κ2) is 7.51. The fourth-order valence-corrected chi connectivity index (χ4v) is 3.60. The number of hydrogen-bond donors (Lipinski definition) is 0. The molecule has 0 spiro atoms. The predicted octanol–water partition coefficient (Wildman–Crippen LogP) is 4.36. The van der Waals surface area contributed by atoms with Crippen LogP contribution in [0.1, 0.15) is 43.2 Å². The van der Waals surface area contributed by atoms with Crippen molar-refractivity contribution in [3.8, 4) is 0 Å². The lowest BCUT2D eigenvalue weighted by Crippen LogP contribution is -2.12. The quantitative estimate of drug-likeness (QED) is 0.486. The second-order valence-corrected chi connectivity index (χ2v) is 6.90. The van der Waals surface area contributed by atoms with Crippen molar-refractivity contribution in [2.24, 2.45) is 0 Å². The van der Waals surface area contributed by atoms with Crippen LogP contribution in [0.15, 0.2) is 47.2 Å². The van der Waals surface area contributed by atoms with Crippen molar-refractivity contribution >= 4 is 34.4 Å². The molecule has 0 aliphatic heterocycles. The number of aromatic nitrogens is 1. The van der Waals surface area contributed by atoms with Crippen LogP contribution in [-0.4, -0.2) is 16.7 Å². The molecular weight excluding hydrogens is 342 g/mol. The molecule has 0 bridgehead atoms. The second-order valence-electron chi connectivity index (χ2n) is 5.01. The summed E-state index contributed by atoms with van der Waals surface area (Å²) in [6.07, 6.45) is 0.858. The minimum absolute atomic E-state index is 0.108. The number of rotatable bonds is 6. The number of esters is 1. The summed E-state index contributed by atoms with van der Waals surface area (Å²) >= 11 is 2.90. The maximum absolute atomic E-state index is 12.5. The number of hydrogen-bond acceptors (Lipinski definition) is 6. The van der Waals surface area contributed by atoms with Gasteiger partial charge in [-0.25, -0.2) is 9.78 Å². The molecule has 3 rings (SSSR count). The van der Waals surface area contributed by atoms with Crippen molar-refractivity contribution in [3.63, 3.8) is 0 Å². The Hall–Kier alpha value is -2.31. The van der Waals surface area contributed by atoms with Gasteiger partial charge in [-0.15, -0.1) is 22.7 Å². The van der Waals surface area contributed by atoms with Gasteiger partial charge in [-0.2, -0.15) is 0 Å². The molecule has 2 heterocycles. The van der Waals surface area contributed by atoms with Gasteiger partial charge in [0.25, 0.3) is 0 Å². The van der Waals surface area contributed by atoms with Gasteiger partial charge in [0.2, 0.25) is 5.78 Å². The van der Waals surface area contributed by atoms with Gasteiger partial charge in [0, 0.05) is 10.9 Å². The Balaban J connectivity index is 1.76. The van der Waals surface area contributed by atoms with Crippen molar-refractivity contribution in [2.45, 2.75) is 20.0 Å². The van der Waals surface area contributed by atoms with E-state index in [2.05, 4.69) is 4.98 Å². The van der Waals surface area contributed by atoms with E-state index < -0.39 is 5.97 Å². The highest BCUT2D eigenvalue weighted by molar-refractivity contribution is 7.12. The third kappa shape index (κ3) is 3.60. The third-order valence-electron chi connectivity index (χ3n) is 3.39. The van der Waals surface area contributed by atoms with Crippen molar-refractivity contribution in [2.75, 3.05) is 0 Å². The zero-order chi connectivity index (χ0) is 16.9. The Morgan fingerprint density at radius 3 is 2.54 bits per heavy atom. The van der Waals surface area contributed by atoms with Crippen LogP contribution in [0.3, 0.4) is 0 Å². The fourth-order valence-electron chi connectivity index (χ4n) is 2.19. The lowest BCUT2D eigenvalue weighted by molar-refractivity contribution is 0.0465. The molecule has 3 aromatic rings. The number of ketones is 1. The topological polar surface area (TPSA) is 56.3 Å². The molecule has 0 unspecified atom stereocenters. The Kier molecular flexibility index (Phi) is 5.17. The number of aryl methyl sites for hydroxylation is 1. The van der Waals surface area contributed by atoms with E-state index in [4.69, 9.17) is 4.74 Å². The molecule has 0 fully saturated rings. The zero-order valence-corrected chi connectivity index (χ0v) is 14.7. The first-order valence-corrected chi connectivity index (χ1v) is 9.22. The standard InChI is InChI=1S/C18H15NO3S2/c1-2-16-19-12(11-24-16)10-22-18(21)14-7-4-3-6-13(14)17(20)15-8-5-9-23-15/h3-9,11H,2,10H2,1H3. The molecule has 1 aromatic carbocycles. The number of thiazole rings is 1. The summed E-state index contributed by atoms with van der Waals surface area (Å²) in [6.45, 7) is 2.14. The molecule has 0 amide bonds. The first-order chi connectivity index (χ1) is 11.7. The van der Waals surface area contributed by atoms with E-state index in [9.17, 15) is 9.59 Å². The molecule has 6 heteroatoms. The van der Waals surface area contributed by atoms with Gasteiger partial charge in [-0.3, -0.25) is 4.79 Å². The first-order valence-electron chi connectivity index (χ1n) is 7.46. The van der Waals surface area contributed by atoms with E-state index >= 15 is 0 Å². The highest BCUT2D eigenvalue weighted by Gasteiger charge is 2.20. The lowest BCUT2D eigenvalue weighted by Gasteiger charge is -2.07. The van der Waals surface area contributed by atoms with E-state index in [1.54, 1.807) is 41.7 Å². The van der Waals surface area contributed by atoms with Crippen LogP contribution < -0.4 is 0 Å². The molecule has 0 radical (unpaired) electrons. The van der Waals surface area contributed by atoms with Crippen LogP contribution >= 0.6 is 22.7 Å². The van der Waals surface area contributed by atoms with Crippen LogP contribution in [-0.2, 0) is 17.8 Å². The Bertz CT molecular complexity index is 853.